The first-order valence-electron chi connectivity index (χ1n) is 10.6. The van der Waals surface area contributed by atoms with Gasteiger partial charge in [-0.2, -0.15) is 10.2 Å². The normalized spacial score (nSPS) is 12.2. The first kappa shape index (κ1) is 21.0. The average molecular weight is 459 g/mol. The molecule has 0 saturated carbocycles. The van der Waals surface area contributed by atoms with Crippen molar-refractivity contribution < 1.29 is 4.79 Å². The summed E-state index contributed by atoms with van der Waals surface area (Å²) in [5.41, 5.74) is 3.23. The first-order valence-corrected chi connectivity index (χ1v) is 11.5. The standard InChI is InChI=1S/C24H22N6O2S/c1-16-17(15-26-30(16)22-11-12-23(31)28-27-22)24(32)25-13-6-14-29-18-7-2-4-9-20(18)33-21-10-5-3-8-19(21)29/h2-5,7-12,15H,6,13-14H2,1H3,(H,25,32)(H,28,31). The number of hydrogen-bond donors (Lipinski definition) is 2. The van der Waals surface area contributed by atoms with Crippen molar-refractivity contribution in [2.24, 2.45) is 0 Å². The lowest BCUT2D eigenvalue weighted by atomic mass is 10.2. The minimum absolute atomic E-state index is 0.182. The van der Waals surface area contributed by atoms with Crippen molar-refractivity contribution in [3.63, 3.8) is 0 Å². The summed E-state index contributed by atoms with van der Waals surface area (Å²) in [6, 6.07) is 19.7. The summed E-state index contributed by atoms with van der Waals surface area (Å²) >= 11 is 1.79. The smallest absolute Gasteiger partial charge is 0.264 e. The van der Waals surface area contributed by atoms with Crippen LogP contribution in [-0.4, -0.2) is 39.0 Å². The zero-order valence-electron chi connectivity index (χ0n) is 18.0. The van der Waals surface area contributed by atoms with Crippen LogP contribution in [0.25, 0.3) is 5.82 Å². The van der Waals surface area contributed by atoms with Crippen LogP contribution in [0.15, 0.2) is 81.4 Å². The van der Waals surface area contributed by atoms with Gasteiger partial charge in [0, 0.05) is 28.9 Å². The Morgan fingerprint density at radius 2 is 1.73 bits per heavy atom. The Morgan fingerprint density at radius 1 is 1.03 bits per heavy atom. The van der Waals surface area contributed by atoms with Crippen molar-refractivity contribution in [2.75, 3.05) is 18.0 Å². The van der Waals surface area contributed by atoms with E-state index in [0.717, 1.165) is 13.0 Å². The van der Waals surface area contributed by atoms with Crippen molar-refractivity contribution >= 4 is 29.0 Å². The highest BCUT2D eigenvalue weighted by Crippen LogP contribution is 2.47. The second kappa shape index (κ2) is 8.95. The van der Waals surface area contributed by atoms with Gasteiger partial charge in [-0.1, -0.05) is 36.0 Å². The predicted molar refractivity (Wildman–Crippen MR) is 128 cm³/mol. The quantitative estimate of drug-likeness (QED) is 0.428. The molecule has 0 aliphatic carbocycles. The number of amides is 1. The molecule has 0 saturated heterocycles. The van der Waals surface area contributed by atoms with Crippen LogP contribution in [0.2, 0.25) is 0 Å². The lowest BCUT2D eigenvalue weighted by Gasteiger charge is -2.32. The van der Waals surface area contributed by atoms with Crippen LogP contribution in [0, 0.1) is 6.92 Å². The third kappa shape index (κ3) is 4.14. The zero-order chi connectivity index (χ0) is 22.8. The molecular weight excluding hydrogens is 436 g/mol. The topological polar surface area (TPSA) is 95.9 Å². The average Bonchev–Trinajstić information content (AvgIpc) is 3.22. The molecule has 0 bridgehead atoms. The van der Waals surface area contributed by atoms with Crippen molar-refractivity contribution in [1.82, 2.24) is 25.3 Å². The van der Waals surface area contributed by atoms with E-state index in [9.17, 15) is 9.59 Å². The van der Waals surface area contributed by atoms with Gasteiger partial charge in [0.05, 0.1) is 28.8 Å². The van der Waals surface area contributed by atoms with Crippen molar-refractivity contribution in [3.8, 4) is 5.82 Å². The summed E-state index contributed by atoms with van der Waals surface area (Å²) in [6.45, 7) is 3.12. The number of anilines is 2. The number of para-hydroxylation sites is 2. The highest BCUT2D eigenvalue weighted by atomic mass is 32.2. The summed E-state index contributed by atoms with van der Waals surface area (Å²) in [5.74, 6) is 0.268. The molecule has 3 heterocycles. The lowest BCUT2D eigenvalue weighted by molar-refractivity contribution is 0.0953. The summed E-state index contributed by atoms with van der Waals surface area (Å²) in [4.78, 5) is 28.8. The molecule has 2 aromatic heterocycles. The van der Waals surface area contributed by atoms with E-state index in [2.05, 4.69) is 74.0 Å². The largest absolute Gasteiger partial charge is 0.352 e. The summed E-state index contributed by atoms with van der Waals surface area (Å²) in [5, 5.41) is 13.6. The van der Waals surface area contributed by atoms with E-state index >= 15 is 0 Å². The van der Waals surface area contributed by atoms with E-state index in [-0.39, 0.29) is 11.5 Å². The van der Waals surface area contributed by atoms with Crippen LogP contribution >= 0.6 is 11.8 Å². The van der Waals surface area contributed by atoms with Crippen LogP contribution in [0.4, 0.5) is 11.4 Å². The third-order valence-corrected chi connectivity index (χ3v) is 6.64. The maximum absolute atomic E-state index is 12.8. The number of fused-ring (bicyclic) bond motifs is 2. The summed E-state index contributed by atoms with van der Waals surface area (Å²) in [7, 11) is 0. The number of carbonyl (C=O) groups excluding carboxylic acids is 1. The van der Waals surface area contributed by atoms with Gasteiger partial charge in [-0.05, 0) is 43.7 Å². The second-order valence-corrected chi connectivity index (χ2v) is 8.72. The van der Waals surface area contributed by atoms with Gasteiger partial charge in [-0.25, -0.2) is 9.78 Å². The Bertz CT molecular complexity index is 1310. The van der Waals surface area contributed by atoms with Gasteiger partial charge in [0.15, 0.2) is 5.82 Å². The number of rotatable bonds is 6. The molecule has 33 heavy (non-hydrogen) atoms. The van der Waals surface area contributed by atoms with Crippen LogP contribution in [0.3, 0.4) is 0 Å². The number of benzene rings is 2. The van der Waals surface area contributed by atoms with E-state index in [1.54, 1.807) is 24.8 Å². The molecule has 1 aliphatic heterocycles. The molecule has 0 radical (unpaired) electrons. The number of carbonyl (C=O) groups is 1. The van der Waals surface area contributed by atoms with E-state index in [4.69, 9.17) is 0 Å². The predicted octanol–water partition coefficient (Wildman–Crippen LogP) is 3.69. The Hall–Kier alpha value is -3.85. The molecule has 8 nitrogen and oxygen atoms in total. The molecule has 1 aliphatic rings. The van der Waals surface area contributed by atoms with Gasteiger partial charge in [0.25, 0.3) is 11.5 Å². The van der Waals surface area contributed by atoms with Crippen molar-refractivity contribution in [3.05, 3.63) is 88.5 Å². The fraction of sp³-hybridized carbons (Fsp3) is 0.167. The highest BCUT2D eigenvalue weighted by molar-refractivity contribution is 7.99. The zero-order valence-corrected chi connectivity index (χ0v) is 18.8. The number of aromatic amines is 1. The van der Waals surface area contributed by atoms with Crippen molar-refractivity contribution in [2.45, 2.75) is 23.1 Å². The van der Waals surface area contributed by atoms with Gasteiger partial charge < -0.3 is 10.2 Å². The maximum atomic E-state index is 12.8. The molecule has 166 valence electrons. The van der Waals surface area contributed by atoms with Gasteiger partial charge in [0.1, 0.15) is 0 Å². The van der Waals surface area contributed by atoms with E-state index in [1.807, 2.05) is 0 Å². The summed E-state index contributed by atoms with van der Waals surface area (Å²) in [6.07, 6.45) is 2.31. The van der Waals surface area contributed by atoms with Crippen LogP contribution in [-0.2, 0) is 0 Å². The van der Waals surface area contributed by atoms with Crippen LogP contribution < -0.4 is 15.8 Å². The molecule has 2 aromatic carbocycles. The number of aromatic nitrogens is 4. The van der Waals surface area contributed by atoms with Gasteiger partial charge in [-0.3, -0.25) is 9.59 Å². The molecule has 5 rings (SSSR count). The van der Waals surface area contributed by atoms with Gasteiger partial charge in [0.2, 0.25) is 0 Å². The van der Waals surface area contributed by atoms with E-state index < -0.39 is 0 Å². The monoisotopic (exact) mass is 458 g/mol. The van der Waals surface area contributed by atoms with Crippen LogP contribution in [0.5, 0.6) is 0 Å². The Labute approximate surface area is 194 Å². The molecule has 1 amide bonds. The minimum atomic E-state index is -0.293. The molecule has 0 atom stereocenters. The Kier molecular flexibility index (Phi) is 5.70. The molecular formula is C24H22N6O2S. The SMILES string of the molecule is Cc1c(C(=O)NCCCN2c3ccccc3Sc3ccccc32)cnn1-c1ccc(=O)[nH]n1. The second-order valence-electron chi connectivity index (χ2n) is 7.63. The number of nitrogens with one attached hydrogen (secondary N) is 2. The Morgan fingerprint density at radius 3 is 2.39 bits per heavy atom. The fourth-order valence-corrected chi connectivity index (χ4v) is 4.97. The van der Waals surface area contributed by atoms with Gasteiger partial charge in [-0.15, -0.1) is 0 Å². The molecule has 2 N–H and O–H groups in total. The third-order valence-electron chi connectivity index (χ3n) is 5.51. The van der Waals surface area contributed by atoms with E-state index in [1.165, 1.54) is 38.1 Å². The fourth-order valence-electron chi connectivity index (χ4n) is 3.87. The molecule has 0 unspecified atom stereocenters. The van der Waals surface area contributed by atoms with Gasteiger partial charge >= 0.3 is 0 Å². The summed E-state index contributed by atoms with van der Waals surface area (Å²) < 4.78 is 1.53. The molecule has 9 heteroatoms. The number of hydrogen-bond acceptors (Lipinski definition) is 6. The Balaban J connectivity index is 1.24. The lowest BCUT2D eigenvalue weighted by Crippen LogP contribution is -2.29. The molecule has 0 spiro atoms. The minimum Gasteiger partial charge on any atom is -0.352 e. The molecule has 4 aromatic rings. The van der Waals surface area contributed by atoms with E-state index in [0.29, 0.717) is 23.6 Å². The van der Waals surface area contributed by atoms with Crippen molar-refractivity contribution in [1.29, 1.82) is 0 Å². The maximum Gasteiger partial charge on any atom is 0.264 e. The first-order chi connectivity index (χ1) is 16.1. The molecule has 0 fully saturated rings. The van der Waals surface area contributed by atoms with Crippen LogP contribution in [0.1, 0.15) is 22.5 Å². The number of H-pyrrole nitrogens is 1. The highest BCUT2D eigenvalue weighted by Gasteiger charge is 2.22. The number of nitrogens with zero attached hydrogens (tertiary/aromatic N) is 4.